The number of aromatic nitrogens is 1. The fourth-order valence-corrected chi connectivity index (χ4v) is 4.00. The van der Waals surface area contributed by atoms with Crippen LogP contribution in [-0.4, -0.2) is 61.2 Å². The van der Waals surface area contributed by atoms with Crippen molar-refractivity contribution in [3.8, 4) is 17.1 Å². The highest BCUT2D eigenvalue weighted by Gasteiger charge is 2.55. The number of carbonyl (C=O) groups excluding carboxylic acids is 1. The molecule has 6 nitrogen and oxygen atoms in total. The van der Waals surface area contributed by atoms with Gasteiger partial charge >= 0.3 is 0 Å². The molecule has 0 radical (unpaired) electrons. The number of hydrogen-bond donors (Lipinski definition) is 0. The SMILES string of the molecule is COc1cccc(-c2cc(C3(C(=O)N(C)C4CCN(C)CC4)CC3)no2)c1. The van der Waals surface area contributed by atoms with E-state index in [9.17, 15) is 4.79 Å². The Morgan fingerprint density at radius 3 is 2.70 bits per heavy atom. The number of nitrogens with zero attached hydrogens (tertiary/aromatic N) is 3. The highest BCUT2D eigenvalue weighted by atomic mass is 16.5. The maximum absolute atomic E-state index is 13.3. The summed E-state index contributed by atoms with van der Waals surface area (Å²) in [4.78, 5) is 17.5. The molecule has 0 unspecified atom stereocenters. The van der Waals surface area contributed by atoms with Crippen molar-refractivity contribution in [3.05, 3.63) is 36.0 Å². The number of methoxy groups -OCH3 is 1. The summed E-state index contributed by atoms with van der Waals surface area (Å²) in [6.45, 7) is 2.08. The van der Waals surface area contributed by atoms with Crippen LogP contribution in [0.15, 0.2) is 34.9 Å². The molecular formula is C21H27N3O3. The largest absolute Gasteiger partial charge is 0.497 e. The number of likely N-dealkylation sites (tertiary alicyclic amines) is 1. The van der Waals surface area contributed by atoms with Gasteiger partial charge in [0.25, 0.3) is 0 Å². The summed E-state index contributed by atoms with van der Waals surface area (Å²) in [7, 11) is 5.72. The van der Waals surface area contributed by atoms with E-state index in [0.29, 0.717) is 11.8 Å². The van der Waals surface area contributed by atoms with Crippen molar-refractivity contribution in [2.75, 3.05) is 34.3 Å². The molecule has 1 aliphatic carbocycles. The van der Waals surface area contributed by atoms with E-state index in [-0.39, 0.29) is 5.91 Å². The summed E-state index contributed by atoms with van der Waals surface area (Å²) < 4.78 is 10.9. The van der Waals surface area contributed by atoms with Crippen molar-refractivity contribution >= 4 is 5.91 Å². The lowest BCUT2D eigenvalue weighted by molar-refractivity contribution is -0.135. The lowest BCUT2D eigenvalue weighted by Gasteiger charge is -2.36. The Balaban J connectivity index is 1.52. The number of ether oxygens (including phenoxy) is 1. The fraction of sp³-hybridized carbons (Fsp3) is 0.524. The van der Waals surface area contributed by atoms with Crippen LogP contribution in [0, 0.1) is 0 Å². The van der Waals surface area contributed by atoms with Crippen molar-refractivity contribution in [2.45, 2.75) is 37.1 Å². The van der Waals surface area contributed by atoms with Gasteiger partial charge in [0, 0.05) is 24.7 Å². The number of benzene rings is 1. The van der Waals surface area contributed by atoms with Gasteiger partial charge in [-0.05, 0) is 58.0 Å². The molecule has 1 saturated heterocycles. The molecule has 4 rings (SSSR count). The molecule has 2 aromatic rings. The molecule has 144 valence electrons. The minimum Gasteiger partial charge on any atom is -0.497 e. The molecule has 2 heterocycles. The molecular weight excluding hydrogens is 342 g/mol. The Morgan fingerprint density at radius 2 is 2.04 bits per heavy atom. The summed E-state index contributed by atoms with van der Waals surface area (Å²) in [5, 5.41) is 4.27. The number of hydrogen-bond acceptors (Lipinski definition) is 5. The molecule has 1 aliphatic heterocycles. The molecule has 2 aliphatic rings. The van der Waals surface area contributed by atoms with Gasteiger partial charge in [-0.3, -0.25) is 4.79 Å². The quantitative estimate of drug-likeness (QED) is 0.811. The first kappa shape index (κ1) is 18.0. The highest BCUT2D eigenvalue weighted by molar-refractivity contribution is 5.91. The number of carbonyl (C=O) groups is 1. The van der Waals surface area contributed by atoms with Gasteiger partial charge in [-0.1, -0.05) is 17.3 Å². The Hall–Kier alpha value is -2.34. The maximum Gasteiger partial charge on any atom is 0.234 e. The summed E-state index contributed by atoms with van der Waals surface area (Å²) in [6.07, 6.45) is 3.74. The average Bonchev–Trinajstić information content (AvgIpc) is 3.36. The van der Waals surface area contributed by atoms with Crippen LogP contribution in [0.1, 0.15) is 31.4 Å². The first-order valence-electron chi connectivity index (χ1n) is 9.61. The molecule has 1 aromatic carbocycles. The minimum atomic E-state index is -0.501. The van der Waals surface area contributed by atoms with Crippen LogP contribution < -0.4 is 4.74 Å². The van der Waals surface area contributed by atoms with Gasteiger partial charge < -0.3 is 19.1 Å². The fourth-order valence-electron chi connectivity index (χ4n) is 4.00. The monoisotopic (exact) mass is 369 g/mol. The first-order valence-corrected chi connectivity index (χ1v) is 9.61. The van der Waals surface area contributed by atoms with Crippen LogP contribution in [0.3, 0.4) is 0 Å². The van der Waals surface area contributed by atoms with Gasteiger partial charge in [0.1, 0.15) is 5.75 Å². The number of amides is 1. The lowest BCUT2D eigenvalue weighted by Crippen LogP contribution is -2.47. The van der Waals surface area contributed by atoms with Crippen molar-refractivity contribution < 1.29 is 14.1 Å². The smallest absolute Gasteiger partial charge is 0.234 e. The van der Waals surface area contributed by atoms with Crippen molar-refractivity contribution in [1.82, 2.24) is 15.0 Å². The summed E-state index contributed by atoms with van der Waals surface area (Å²) >= 11 is 0. The van der Waals surface area contributed by atoms with Gasteiger partial charge in [-0.2, -0.15) is 0 Å². The molecule has 6 heteroatoms. The Labute approximate surface area is 160 Å². The van der Waals surface area contributed by atoms with E-state index < -0.39 is 5.41 Å². The van der Waals surface area contributed by atoms with E-state index in [1.807, 2.05) is 42.3 Å². The Morgan fingerprint density at radius 1 is 1.30 bits per heavy atom. The molecule has 0 spiro atoms. The van der Waals surface area contributed by atoms with Gasteiger partial charge in [0.15, 0.2) is 5.76 Å². The van der Waals surface area contributed by atoms with Gasteiger partial charge in [0.05, 0.1) is 18.2 Å². The molecule has 1 amide bonds. The third-order valence-electron chi connectivity index (χ3n) is 6.07. The van der Waals surface area contributed by atoms with Crippen molar-refractivity contribution in [2.24, 2.45) is 0 Å². The molecule has 0 bridgehead atoms. The van der Waals surface area contributed by atoms with Gasteiger partial charge in [0.2, 0.25) is 5.91 Å². The molecule has 27 heavy (non-hydrogen) atoms. The topological polar surface area (TPSA) is 58.8 Å². The van der Waals surface area contributed by atoms with E-state index in [1.54, 1.807) is 7.11 Å². The zero-order valence-corrected chi connectivity index (χ0v) is 16.3. The van der Waals surface area contributed by atoms with Crippen molar-refractivity contribution in [3.63, 3.8) is 0 Å². The zero-order chi connectivity index (χ0) is 19.0. The lowest BCUT2D eigenvalue weighted by atomic mass is 9.96. The van der Waals surface area contributed by atoms with E-state index >= 15 is 0 Å². The maximum atomic E-state index is 13.3. The van der Waals surface area contributed by atoms with Crippen LogP contribution >= 0.6 is 0 Å². The Kier molecular flexibility index (Phi) is 4.68. The van der Waals surface area contributed by atoms with Crippen LogP contribution in [0.25, 0.3) is 11.3 Å². The standard InChI is InChI=1S/C21H27N3O3/c1-23-11-7-16(8-12-23)24(2)20(25)21(9-10-21)19-14-18(27-22-19)15-5-4-6-17(13-15)26-3/h4-6,13-14,16H,7-12H2,1-3H3. The number of piperidine rings is 1. The van der Waals surface area contributed by atoms with Gasteiger partial charge in [-0.15, -0.1) is 0 Å². The average molecular weight is 369 g/mol. The number of likely N-dealkylation sites (N-methyl/N-ethyl adjacent to an activating group) is 1. The third kappa shape index (κ3) is 3.34. The summed E-state index contributed by atoms with van der Waals surface area (Å²) in [5.41, 5.74) is 1.16. The van der Waals surface area contributed by atoms with Crippen LogP contribution in [0.4, 0.5) is 0 Å². The van der Waals surface area contributed by atoms with E-state index in [1.165, 1.54) is 0 Å². The van der Waals surface area contributed by atoms with Crippen molar-refractivity contribution in [1.29, 1.82) is 0 Å². The predicted molar refractivity (Wildman–Crippen MR) is 103 cm³/mol. The van der Waals surface area contributed by atoms with Crippen LogP contribution in [0.2, 0.25) is 0 Å². The highest BCUT2D eigenvalue weighted by Crippen LogP contribution is 2.50. The van der Waals surface area contributed by atoms with Crippen LogP contribution in [0.5, 0.6) is 5.75 Å². The Bertz CT molecular complexity index is 820. The molecule has 2 fully saturated rings. The molecule has 1 saturated carbocycles. The van der Waals surface area contributed by atoms with E-state index in [0.717, 1.165) is 55.8 Å². The molecule has 0 N–H and O–H groups in total. The predicted octanol–water partition coefficient (Wildman–Crippen LogP) is 2.93. The second-order valence-corrected chi connectivity index (χ2v) is 7.84. The zero-order valence-electron chi connectivity index (χ0n) is 16.3. The number of rotatable bonds is 5. The third-order valence-corrected chi connectivity index (χ3v) is 6.07. The summed E-state index contributed by atoms with van der Waals surface area (Å²) in [6, 6.07) is 9.92. The molecule has 1 aromatic heterocycles. The normalized spacial score (nSPS) is 19.7. The van der Waals surface area contributed by atoms with Gasteiger partial charge in [-0.25, -0.2) is 0 Å². The molecule has 0 atom stereocenters. The second kappa shape index (κ2) is 7.00. The van der Waals surface area contributed by atoms with E-state index in [2.05, 4.69) is 17.1 Å². The first-order chi connectivity index (χ1) is 13.0. The second-order valence-electron chi connectivity index (χ2n) is 7.84. The van der Waals surface area contributed by atoms with E-state index in [4.69, 9.17) is 9.26 Å². The van der Waals surface area contributed by atoms with Crippen LogP contribution in [-0.2, 0) is 10.2 Å². The minimum absolute atomic E-state index is 0.183. The summed E-state index contributed by atoms with van der Waals surface area (Å²) in [5.74, 6) is 1.62.